The Kier molecular flexibility index (Phi) is 5.71. The zero-order valence-electron chi connectivity index (χ0n) is 14.9. The lowest BCUT2D eigenvalue weighted by Gasteiger charge is -2.22. The molecule has 3 aromatic rings. The van der Waals surface area contributed by atoms with Crippen LogP contribution >= 0.6 is 0 Å². The molecule has 0 saturated carbocycles. The van der Waals surface area contributed by atoms with Crippen molar-refractivity contribution in [3.63, 3.8) is 0 Å². The van der Waals surface area contributed by atoms with E-state index in [1.807, 2.05) is 6.07 Å². The number of para-hydroxylation sites is 1. The van der Waals surface area contributed by atoms with Gasteiger partial charge in [-0.15, -0.1) is 0 Å². The average molecular weight is 386 g/mol. The lowest BCUT2D eigenvalue weighted by Crippen LogP contribution is -2.31. The molecule has 0 aliphatic rings. The zero-order chi connectivity index (χ0) is 19.3. The van der Waals surface area contributed by atoms with Crippen LogP contribution in [0.4, 0.5) is 15.9 Å². The van der Waals surface area contributed by atoms with E-state index in [1.165, 1.54) is 22.6 Å². The van der Waals surface area contributed by atoms with Crippen LogP contribution in [0.3, 0.4) is 0 Å². The summed E-state index contributed by atoms with van der Waals surface area (Å²) < 4.78 is 40.9. The van der Waals surface area contributed by atoms with Crippen LogP contribution in [0.25, 0.3) is 0 Å². The lowest BCUT2D eigenvalue weighted by atomic mass is 10.2. The van der Waals surface area contributed by atoms with Gasteiger partial charge in [0.2, 0.25) is 0 Å². The fraction of sp³-hybridized carbons (Fsp3) is 0.150. The molecular formula is C20H21FN3O2S+. The largest absolute Gasteiger partial charge is 0.272 e. The normalized spacial score (nSPS) is 11.2. The predicted octanol–water partition coefficient (Wildman–Crippen LogP) is 3.47. The van der Waals surface area contributed by atoms with Gasteiger partial charge in [-0.05, 0) is 31.2 Å². The van der Waals surface area contributed by atoms with Gasteiger partial charge in [0, 0.05) is 18.2 Å². The summed E-state index contributed by atoms with van der Waals surface area (Å²) in [5.41, 5.74) is 1.14. The second-order valence-electron chi connectivity index (χ2n) is 5.89. The first-order valence-corrected chi connectivity index (χ1v) is 10.0. The Hall–Kier alpha value is -2.93. The third-order valence-electron chi connectivity index (χ3n) is 4.13. The minimum atomic E-state index is -3.68. The maximum atomic E-state index is 13.7. The highest BCUT2D eigenvalue weighted by Crippen LogP contribution is 2.22. The van der Waals surface area contributed by atoms with Crippen molar-refractivity contribution in [2.24, 2.45) is 0 Å². The topological polar surface area (TPSA) is 63.6 Å². The number of hydrogen-bond acceptors (Lipinski definition) is 3. The average Bonchev–Trinajstić information content (AvgIpc) is 2.69. The number of aromatic nitrogens is 1. The van der Waals surface area contributed by atoms with Crippen LogP contribution in [0.2, 0.25) is 0 Å². The molecule has 1 aromatic heterocycles. The summed E-state index contributed by atoms with van der Waals surface area (Å²) in [6.07, 6.45) is 1.44. The Morgan fingerprint density at radius 3 is 2.33 bits per heavy atom. The Morgan fingerprint density at radius 2 is 1.70 bits per heavy atom. The molecule has 2 N–H and O–H groups in total. The molecule has 1 heterocycles. The van der Waals surface area contributed by atoms with Crippen LogP contribution < -0.4 is 14.6 Å². The third-order valence-corrected chi connectivity index (χ3v) is 6.03. The Labute approximate surface area is 158 Å². The fourth-order valence-corrected chi connectivity index (χ4v) is 4.17. The maximum absolute atomic E-state index is 13.7. The molecule has 27 heavy (non-hydrogen) atoms. The molecule has 0 amide bonds. The number of pyridine rings is 1. The molecule has 2 aromatic carbocycles. The first kappa shape index (κ1) is 18.8. The number of anilines is 2. The van der Waals surface area contributed by atoms with Crippen LogP contribution in [0, 0.1) is 5.82 Å². The number of sulfonamides is 1. The molecule has 0 atom stereocenters. The second kappa shape index (κ2) is 8.18. The van der Waals surface area contributed by atoms with Gasteiger partial charge in [-0.1, -0.05) is 36.4 Å². The van der Waals surface area contributed by atoms with Crippen LogP contribution in [0.15, 0.2) is 77.8 Å². The summed E-state index contributed by atoms with van der Waals surface area (Å²) in [5.74, 6) is 0.311. The highest BCUT2D eigenvalue weighted by Gasteiger charge is 2.24. The number of nitrogens with one attached hydrogen (secondary N) is 2. The van der Waals surface area contributed by atoms with Crippen LogP contribution in [-0.2, 0) is 16.6 Å². The summed E-state index contributed by atoms with van der Waals surface area (Å²) in [5, 5.41) is 3.05. The molecule has 0 aliphatic carbocycles. The second-order valence-corrected chi connectivity index (χ2v) is 7.75. The van der Waals surface area contributed by atoms with Gasteiger partial charge >= 0.3 is 0 Å². The molecule has 0 aliphatic heterocycles. The SMILES string of the molecule is CCN(c1ccccc1)S(=O)(=O)c1ccc(NCc2ccccc2F)[nH+]c1. The van der Waals surface area contributed by atoms with Crippen LogP contribution in [-0.4, -0.2) is 15.0 Å². The van der Waals surface area contributed by atoms with E-state index in [0.29, 0.717) is 30.2 Å². The van der Waals surface area contributed by atoms with Crippen molar-refractivity contribution in [2.75, 3.05) is 16.2 Å². The van der Waals surface area contributed by atoms with Gasteiger partial charge in [0.15, 0.2) is 0 Å². The van der Waals surface area contributed by atoms with Crippen molar-refractivity contribution in [2.45, 2.75) is 18.4 Å². The fourth-order valence-electron chi connectivity index (χ4n) is 2.73. The Bertz CT molecular complexity index is 993. The van der Waals surface area contributed by atoms with Crippen molar-refractivity contribution in [3.8, 4) is 0 Å². The van der Waals surface area contributed by atoms with E-state index in [1.54, 1.807) is 55.5 Å². The van der Waals surface area contributed by atoms with Gasteiger partial charge in [0.1, 0.15) is 23.5 Å². The molecule has 0 unspecified atom stereocenters. The van der Waals surface area contributed by atoms with E-state index in [9.17, 15) is 12.8 Å². The maximum Gasteiger partial charge on any atom is 0.272 e. The third kappa shape index (κ3) is 4.25. The molecule has 0 radical (unpaired) electrons. The summed E-state index contributed by atoms with van der Waals surface area (Å²) in [4.78, 5) is 3.08. The lowest BCUT2D eigenvalue weighted by molar-refractivity contribution is -0.364. The summed E-state index contributed by atoms with van der Waals surface area (Å²) >= 11 is 0. The van der Waals surface area contributed by atoms with Crippen molar-refractivity contribution in [1.82, 2.24) is 0 Å². The van der Waals surface area contributed by atoms with E-state index in [0.717, 1.165) is 0 Å². The van der Waals surface area contributed by atoms with E-state index in [2.05, 4.69) is 10.3 Å². The molecule has 0 fully saturated rings. The molecular weight excluding hydrogens is 365 g/mol. The quantitative estimate of drug-likeness (QED) is 0.676. The monoisotopic (exact) mass is 386 g/mol. The van der Waals surface area contributed by atoms with Gasteiger partial charge in [-0.25, -0.2) is 17.8 Å². The van der Waals surface area contributed by atoms with E-state index < -0.39 is 10.0 Å². The van der Waals surface area contributed by atoms with E-state index in [4.69, 9.17) is 0 Å². The number of aromatic amines is 1. The van der Waals surface area contributed by atoms with Crippen LogP contribution in [0.5, 0.6) is 0 Å². The number of hydrogen-bond donors (Lipinski definition) is 1. The van der Waals surface area contributed by atoms with Gasteiger partial charge in [-0.3, -0.25) is 9.62 Å². The molecule has 7 heteroatoms. The standard InChI is InChI=1S/C20H20FN3O2S/c1-2-24(17-9-4-3-5-10-17)27(25,26)18-12-13-20(23-15-18)22-14-16-8-6-7-11-19(16)21/h3-13,15H,2,14H2,1H3,(H,22,23)/p+1. The molecule has 0 saturated heterocycles. The van der Waals surface area contributed by atoms with Gasteiger partial charge in [0.25, 0.3) is 15.8 Å². The minimum absolute atomic E-state index is 0.157. The van der Waals surface area contributed by atoms with Gasteiger partial charge in [-0.2, -0.15) is 0 Å². The van der Waals surface area contributed by atoms with Crippen molar-refractivity contribution >= 4 is 21.5 Å². The summed E-state index contributed by atoms with van der Waals surface area (Å²) in [6.45, 7) is 2.40. The number of rotatable bonds is 7. The smallest absolute Gasteiger partial charge is 0.270 e. The summed E-state index contributed by atoms with van der Waals surface area (Å²) in [6, 6.07) is 18.6. The van der Waals surface area contributed by atoms with Crippen molar-refractivity contribution in [1.29, 1.82) is 0 Å². The highest BCUT2D eigenvalue weighted by atomic mass is 32.2. The van der Waals surface area contributed by atoms with Crippen molar-refractivity contribution in [3.05, 3.63) is 84.3 Å². The number of benzene rings is 2. The first-order chi connectivity index (χ1) is 13.0. The van der Waals surface area contributed by atoms with Gasteiger partial charge in [0.05, 0.1) is 5.69 Å². The Balaban J connectivity index is 1.76. The molecule has 0 bridgehead atoms. The number of halogens is 1. The van der Waals surface area contributed by atoms with Crippen LogP contribution in [0.1, 0.15) is 12.5 Å². The number of nitrogens with zero attached hydrogens (tertiary/aromatic N) is 1. The predicted molar refractivity (Wildman–Crippen MR) is 103 cm³/mol. The van der Waals surface area contributed by atoms with E-state index in [-0.39, 0.29) is 10.7 Å². The molecule has 3 rings (SSSR count). The summed E-state index contributed by atoms with van der Waals surface area (Å²) in [7, 11) is -3.68. The molecule has 5 nitrogen and oxygen atoms in total. The van der Waals surface area contributed by atoms with E-state index >= 15 is 0 Å². The Morgan fingerprint density at radius 1 is 1.00 bits per heavy atom. The van der Waals surface area contributed by atoms with Gasteiger partial charge < -0.3 is 0 Å². The molecule has 0 spiro atoms. The number of H-pyrrole nitrogens is 1. The highest BCUT2D eigenvalue weighted by molar-refractivity contribution is 7.92. The van der Waals surface area contributed by atoms with Crippen molar-refractivity contribution < 1.29 is 17.8 Å². The zero-order valence-corrected chi connectivity index (χ0v) is 15.7. The first-order valence-electron chi connectivity index (χ1n) is 8.59. The minimum Gasteiger partial charge on any atom is -0.270 e. The molecule has 140 valence electrons.